The first-order valence-electron chi connectivity index (χ1n) is 11.2. The summed E-state index contributed by atoms with van der Waals surface area (Å²) in [6.45, 7) is 0. The molecule has 0 radical (unpaired) electrons. The smallest absolute Gasteiger partial charge is 0.330 e. The molecule has 13 heteroatoms. The summed E-state index contributed by atoms with van der Waals surface area (Å²) >= 11 is 0.993. The topological polar surface area (TPSA) is 179 Å². The van der Waals surface area contributed by atoms with Gasteiger partial charge in [0.2, 0.25) is 0 Å². The molecule has 4 N–H and O–H groups in total. The summed E-state index contributed by atoms with van der Waals surface area (Å²) in [6.07, 6.45) is 4.98. The average Bonchev–Trinajstić information content (AvgIpc) is 3.59. The van der Waals surface area contributed by atoms with Crippen molar-refractivity contribution in [1.82, 2.24) is 29.1 Å². The van der Waals surface area contributed by atoms with Crippen LogP contribution in [0.5, 0.6) is 0 Å². The summed E-state index contributed by atoms with van der Waals surface area (Å²) in [4.78, 5) is 76.4. The van der Waals surface area contributed by atoms with Crippen molar-refractivity contribution >= 4 is 34.4 Å². The van der Waals surface area contributed by atoms with E-state index in [0.717, 1.165) is 50.3 Å². The van der Waals surface area contributed by atoms with Crippen LogP contribution in [0.4, 0.5) is 5.82 Å². The molecule has 3 saturated carbocycles. The molecule has 0 aromatic carbocycles. The highest BCUT2D eigenvalue weighted by Crippen LogP contribution is 2.41. The van der Waals surface area contributed by atoms with Crippen LogP contribution >= 0.6 is 11.8 Å². The molecule has 176 valence electrons. The van der Waals surface area contributed by atoms with Gasteiger partial charge in [0.25, 0.3) is 11.1 Å². The number of H-pyrrole nitrogens is 2. The Morgan fingerprint density at radius 2 is 1.53 bits per heavy atom. The van der Waals surface area contributed by atoms with Crippen LogP contribution < -0.4 is 28.2 Å². The third kappa shape index (κ3) is 3.50. The summed E-state index contributed by atoms with van der Waals surface area (Å²) in [5.41, 5.74) is 3.47. The van der Waals surface area contributed by atoms with Gasteiger partial charge in [-0.3, -0.25) is 33.5 Å². The standard InChI is InChI=1S/C21H21N7O5S/c22-14-12(17(30)25-20(32)27(14)9-3-4-9)11(29)7-34-19-13-16(23-15(24-19)8-1-2-8)28(10-5-6-10)21(33)26-18(13)31/h8-10H,1-7,22H2,(H,25,30,32)(H,26,31,33). The Balaban J connectivity index is 1.41. The maximum Gasteiger partial charge on any atom is 0.330 e. The molecule has 3 aliphatic carbocycles. The number of nitrogens with zero attached hydrogens (tertiary/aromatic N) is 4. The molecule has 3 aliphatic rings. The van der Waals surface area contributed by atoms with Gasteiger partial charge in [-0.05, 0) is 38.5 Å². The molecule has 3 heterocycles. The van der Waals surface area contributed by atoms with Gasteiger partial charge < -0.3 is 5.73 Å². The van der Waals surface area contributed by atoms with Crippen molar-refractivity contribution in [3.63, 3.8) is 0 Å². The summed E-state index contributed by atoms with van der Waals surface area (Å²) in [5.74, 6) is -0.254. The fourth-order valence-corrected chi connectivity index (χ4v) is 5.07. The van der Waals surface area contributed by atoms with Crippen LogP contribution in [-0.2, 0) is 0 Å². The number of nitrogens with two attached hydrogens (primary N) is 1. The van der Waals surface area contributed by atoms with Crippen molar-refractivity contribution < 1.29 is 4.79 Å². The Bertz CT molecular complexity index is 1610. The Kier molecular flexibility index (Phi) is 4.66. The van der Waals surface area contributed by atoms with Crippen molar-refractivity contribution in [1.29, 1.82) is 0 Å². The van der Waals surface area contributed by atoms with Crippen molar-refractivity contribution in [2.24, 2.45) is 0 Å². The van der Waals surface area contributed by atoms with Crippen LogP contribution in [0.15, 0.2) is 24.2 Å². The van der Waals surface area contributed by atoms with Crippen LogP contribution in [0, 0.1) is 0 Å². The Morgan fingerprint density at radius 3 is 2.18 bits per heavy atom. The van der Waals surface area contributed by atoms with Gasteiger partial charge in [0.1, 0.15) is 27.6 Å². The maximum atomic E-state index is 13.0. The normalized spacial score (nSPS) is 17.9. The molecule has 0 saturated heterocycles. The van der Waals surface area contributed by atoms with Gasteiger partial charge in [0, 0.05) is 18.0 Å². The number of hydrogen-bond acceptors (Lipinski definition) is 9. The second-order valence-corrected chi connectivity index (χ2v) is 10.0. The first kappa shape index (κ1) is 21.1. The number of rotatable bonds is 7. The molecule has 0 amide bonds. The summed E-state index contributed by atoms with van der Waals surface area (Å²) in [6, 6.07) is -0.136. The van der Waals surface area contributed by atoms with E-state index in [1.807, 2.05) is 0 Å². The monoisotopic (exact) mass is 483 g/mol. The summed E-state index contributed by atoms with van der Waals surface area (Å²) in [7, 11) is 0. The quantitative estimate of drug-likeness (QED) is 0.244. The minimum atomic E-state index is -0.836. The number of fused-ring (bicyclic) bond motifs is 1. The summed E-state index contributed by atoms with van der Waals surface area (Å²) < 4.78 is 2.76. The van der Waals surface area contributed by atoms with Crippen molar-refractivity contribution in [3.05, 3.63) is 53.1 Å². The molecule has 0 atom stereocenters. The lowest BCUT2D eigenvalue weighted by Gasteiger charge is -2.13. The van der Waals surface area contributed by atoms with E-state index in [2.05, 4.69) is 19.9 Å². The number of carbonyl (C=O) groups excluding carboxylic acids is 1. The number of nitrogen functional groups attached to an aromatic ring is 1. The minimum absolute atomic E-state index is 0.0184. The van der Waals surface area contributed by atoms with E-state index in [0.29, 0.717) is 5.82 Å². The molecule has 0 unspecified atom stereocenters. The first-order chi connectivity index (χ1) is 16.3. The zero-order valence-corrected chi connectivity index (χ0v) is 18.8. The van der Waals surface area contributed by atoms with Gasteiger partial charge in [-0.15, -0.1) is 0 Å². The number of anilines is 1. The lowest BCUT2D eigenvalue weighted by molar-refractivity contribution is 0.102. The number of Topliss-reactive ketones (excluding diaryl/α,β-unsaturated/α-hetero) is 1. The molecule has 0 bridgehead atoms. The van der Waals surface area contributed by atoms with Crippen molar-refractivity contribution in [3.8, 4) is 0 Å². The summed E-state index contributed by atoms with van der Waals surface area (Å²) in [5, 5.41) is 0.431. The van der Waals surface area contributed by atoms with Crippen LogP contribution in [0.25, 0.3) is 11.0 Å². The Hall–Kier alpha value is -3.48. The highest BCUT2D eigenvalue weighted by molar-refractivity contribution is 8.00. The SMILES string of the molecule is Nc1c(C(=O)CSc2nc(C3CC3)nc3c2c(=O)[nH]c(=O)n3C2CC2)c(=O)[nH]c(=O)n1C1CC1. The average molecular weight is 484 g/mol. The molecule has 0 aliphatic heterocycles. The van der Waals surface area contributed by atoms with Crippen LogP contribution in [0.1, 0.15) is 72.7 Å². The number of nitrogens with one attached hydrogen (secondary N) is 2. The molecule has 12 nitrogen and oxygen atoms in total. The zero-order valence-electron chi connectivity index (χ0n) is 18.0. The van der Waals surface area contributed by atoms with E-state index < -0.39 is 28.3 Å². The molecule has 3 aromatic heterocycles. The first-order valence-corrected chi connectivity index (χ1v) is 12.2. The predicted molar refractivity (Wildman–Crippen MR) is 124 cm³/mol. The third-order valence-electron chi connectivity index (χ3n) is 6.34. The molecule has 0 spiro atoms. The van der Waals surface area contributed by atoms with E-state index in [1.54, 1.807) is 0 Å². The number of ketones is 1. The van der Waals surface area contributed by atoms with Gasteiger partial charge in [0.15, 0.2) is 11.4 Å². The molecular formula is C21H21N7O5S. The second kappa shape index (κ2) is 7.52. The van der Waals surface area contributed by atoms with Crippen LogP contribution in [-0.4, -0.2) is 40.6 Å². The van der Waals surface area contributed by atoms with E-state index in [-0.39, 0.29) is 51.2 Å². The molecule has 3 aromatic rings. The second-order valence-electron chi connectivity index (χ2n) is 9.05. The number of aromatic amines is 2. The number of carbonyl (C=O) groups is 1. The van der Waals surface area contributed by atoms with Crippen LogP contribution in [0.2, 0.25) is 0 Å². The fraction of sp³-hybridized carbons (Fsp3) is 0.476. The molecular weight excluding hydrogens is 462 g/mol. The minimum Gasteiger partial charge on any atom is -0.384 e. The largest absolute Gasteiger partial charge is 0.384 e. The number of thioether (sulfide) groups is 1. The number of hydrogen-bond donors (Lipinski definition) is 3. The van der Waals surface area contributed by atoms with Gasteiger partial charge in [0.05, 0.1) is 5.75 Å². The van der Waals surface area contributed by atoms with E-state index in [9.17, 15) is 24.0 Å². The molecule has 3 fully saturated rings. The lowest BCUT2D eigenvalue weighted by atomic mass is 10.2. The van der Waals surface area contributed by atoms with Crippen molar-refractivity contribution in [2.45, 2.75) is 61.6 Å². The third-order valence-corrected chi connectivity index (χ3v) is 7.31. The van der Waals surface area contributed by atoms with Gasteiger partial charge in [-0.1, -0.05) is 11.8 Å². The maximum absolute atomic E-state index is 13.0. The van der Waals surface area contributed by atoms with Gasteiger partial charge >= 0.3 is 11.4 Å². The Labute approximate surface area is 194 Å². The van der Waals surface area contributed by atoms with Crippen LogP contribution in [0.3, 0.4) is 0 Å². The van der Waals surface area contributed by atoms with Gasteiger partial charge in [-0.25, -0.2) is 19.6 Å². The van der Waals surface area contributed by atoms with Crippen molar-refractivity contribution in [2.75, 3.05) is 11.5 Å². The predicted octanol–water partition coefficient (Wildman–Crippen LogP) is 0.434. The van der Waals surface area contributed by atoms with E-state index in [1.165, 1.54) is 9.13 Å². The zero-order chi connectivity index (χ0) is 23.7. The Morgan fingerprint density at radius 1 is 0.912 bits per heavy atom. The van der Waals surface area contributed by atoms with E-state index >= 15 is 0 Å². The highest BCUT2D eigenvalue weighted by atomic mass is 32.2. The van der Waals surface area contributed by atoms with E-state index in [4.69, 9.17) is 5.73 Å². The number of aromatic nitrogens is 6. The van der Waals surface area contributed by atoms with Gasteiger partial charge in [-0.2, -0.15) is 0 Å². The molecule has 6 rings (SSSR count). The highest BCUT2D eigenvalue weighted by Gasteiger charge is 2.33. The fourth-order valence-electron chi connectivity index (χ4n) is 4.17. The lowest BCUT2D eigenvalue weighted by Crippen LogP contribution is -2.36. The molecule has 34 heavy (non-hydrogen) atoms.